The van der Waals surface area contributed by atoms with Gasteiger partial charge in [-0.1, -0.05) is 24.3 Å². The third kappa shape index (κ3) is 3.75. The van der Waals surface area contributed by atoms with E-state index >= 15 is 0 Å². The smallest absolute Gasteiger partial charge is 0.416 e. The third-order valence-corrected chi connectivity index (χ3v) is 6.83. The number of aromatic amines is 1. The minimum absolute atomic E-state index is 0.0677. The van der Waals surface area contributed by atoms with Gasteiger partial charge in [0.15, 0.2) is 5.69 Å². The molecular weight excluding hydrogens is 435 g/mol. The monoisotopic (exact) mass is 457 g/mol. The second-order valence-corrected chi connectivity index (χ2v) is 9.30. The number of carbonyl (C=O) groups is 2. The van der Waals surface area contributed by atoms with Crippen LogP contribution in [0.1, 0.15) is 52.9 Å². The Morgan fingerprint density at radius 3 is 2.45 bits per heavy atom. The summed E-state index contributed by atoms with van der Waals surface area (Å²) in [6.45, 7) is 0. The van der Waals surface area contributed by atoms with Crippen molar-refractivity contribution in [2.75, 3.05) is 7.11 Å². The van der Waals surface area contributed by atoms with Gasteiger partial charge in [-0.3, -0.25) is 14.7 Å². The van der Waals surface area contributed by atoms with Crippen molar-refractivity contribution in [2.45, 2.75) is 43.8 Å². The van der Waals surface area contributed by atoms with E-state index in [1.807, 2.05) is 18.2 Å². The lowest BCUT2D eigenvalue weighted by atomic mass is 9.38. The predicted octanol–water partition coefficient (Wildman–Crippen LogP) is 4.39. The molecule has 33 heavy (non-hydrogen) atoms. The number of nitrogens with zero attached hydrogens (tertiary/aromatic N) is 1. The Balaban J connectivity index is 1.33. The molecule has 9 heteroatoms. The van der Waals surface area contributed by atoms with E-state index in [1.165, 1.54) is 19.2 Å². The number of carbonyl (C=O) groups excluding carboxylic acids is 2. The summed E-state index contributed by atoms with van der Waals surface area (Å²) in [4.78, 5) is 24.7. The Hall–Kier alpha value is -3.36. The third-order valence-electron chi connectivity index (χ3n) is 6.83. The molecule has 172 valence electrons. The number of hydrogen-bond acceptors (Lipinski definition) is 4. The Kier molecular flexibility index (Phi) is 4.77. The zero-order valence-electron chi connectivity index (χ0n) is 17.9. The van der Waals surface area contributed by atoms with Crippen LogP contribution in [0.15, 0.2) is 42.5 Å². The molecule has 6 rings (SSSR count). The normalized spacial score (nSPS) is 23.5. The molecule has 1 amide bonds. The number of amides is 1. The van der Waals surface area contributed by atoms with Crippen LogP contribution in [0.3, 0.4) is 0 Å². The van der Waals surface area contributed by atoms with E-state index in [2.05, 4.69) is 15.5 Å². The molecule has 2 aromatic carbocycles. The van der Waals surface area contributed by atoms with Crippen molar-refractivity contribution in [3.05, 3.63) is 64.8 Å². The summed E-state index contributed by atoms with van der Waals surface area (Å²) < 4.78 is 43.3. The summed E-state index contributed by atoms with van der Waals surface area (Å²) in [5.74, 6) is -0.534. The fourth-order valence-electron chi connectivity index (χ4n) is 5.48. The molecule has 0 spiro atoms. The minimum Gasteiger partial charge on any atom is -0.469 e. The lowest BCUT2D eigenvalue weighted by Gasteiger charge is -2.70. The average molecular weight is 457 g/mol. The first kappa shape index (κ1) is 21.5. The highest BCUT2D eigenvalue weighted by Crippen LogP contribution is 2.69. The van der Waals surface area contributed by atoms with E-state index in [9.17, 15) is 22.8 Å². The maximum atomic E-state index is 13.1. The van der Waals surface area contributed by atoms with Crippen molar-refractivity contribution in [2.24, 2.45) is 5.41 Å². The molecule has 0 unspecified atom stereocenters. The molecule has 0 atom stereocenters. The summed E-state index contributed by atoms with van der Waals surface area (Å²) >= 11 is 0. The summed E-state index contributed by atoms with van der Waals surface area (Å²) in [5, 5.41) is 10.8. The fourth-order valence-corrected chi connectivity index (χ4v) is 5.48. The molecule has 6 nitrogen and oxygen atoms in total. The summed E-state index contributed by atoms with van der Waals surface area (Å²) in [5.41, 5.74) is 1.37. The number of methoxy groups -OCH3 is 1. The highest BCUT2D eigenvalue weighted by Gasteiger charge is 2.69. The van der Waals surface area contributed by atoms with Gasteiger partial charge in [-0.25, -0.2) is 0 Å². The van der Waals surface area contributed by atoms with Crippen LogP contribution >= 0.6 is 0 Å². The Labute approximate surface area is 187 Å². The number of esters is 1. The highest BCUT2D eigenvalue weighted by molar-refractivity contribution is 6.06. The number of halogens is 3. The van der Waals surface area contributed by atoms with Crippen molar-refractivity contribution in [3.8, 4) is 0 Å². The van der Waals surface area contributed by atoms with E-state index in [0.717, 1.165) is 37.0 Å². The van der Waals surface area contributed by atoms with E-state index in [1.54, 1.807) is 0 Å². The molecule has 3 aromatic rings. The van der Waals surface area contributed by atoms with Crippen molar-refractivity contribution >= 4 is 22.8 Å². The van der Waals surface area contributed by atoms with E-state index in [-0.39, 0.29) is 28.5 Å². The Morgan fingerprint density at radius 2 is 1.82 bits per heavy atom. The maximum absolute atomic E-state index is 13.1. The molecule has 2 bridgehead atoms. The van der Waals surface area contributed by atoms with Crippen LogP contribution in [0.5, 0.6) is 0 Å². The fraction of sp³-hybridized carbons (Fsp3) is 0.375. The first-order valence-electron chi connectivity index (χ1n) is 10.6. The van der Waals surface area contributed by atoms with E-state index in [4.69, 9.17) is 4.74 Å². The van der Waals surface area contributed by atoms with Gasteiger partial charge in [0.2, 0.25) is 0 Å². The molecule has 2 N–H and O–H groups in total. The van der Waals surface area contributed by atoms with Gasteiger partial charge >= 0.3 is 12.1 Å². The van der Waals surface area contributed by atoms with Gasteiger partial charge in [0.1, 0.15) is 0 Å². The second-order valence-electron chi connectivity index (χ2n) is 9.30. The quantitative estimate of drug-likeness (QED) is 0.538. The highest BCUT2D eigenvalue weighted by atomic mass is 19.4. The standard InChI is InChI=1S/C24H22F3N3O3/c1-33-18(31)10-22-11-23(12-22,13-22)28-21(32)20-19-15(3-2-4-17(19)29-30-20)9-14-5-7-16(8-6-14)24(25,26)27/h2-8H,9-13H2,1H3,(H,28,32)(H,29,30). The lowest BCUT2D eigenvalue weighted by molar-refractivity contribution is -0.175. The van der Waals surface area contributed by atoms with E-state index < -0.39 is 11.7 Å². The van der Waals surface area contributed by atoms with Gasteiger partial charge in [0.05, 0.1) is 24.6 Å². The zero-order valence-corrected chi connectivity index (χ0v) is 17.9. The molecule has 0 aliphatic heterocycles. The van der Waals surface area contributed by atoms with Gasteiger partial charge in [-0.05, 0) is 60.4 Å². The molecule has 3 aliphatic rings. The molecule has 3 saturated carbocycles. The van der Waals surface area contributed by atoms with Crippen LogP contribution in [0.2, 0.25) is 0 Å². The lowest BCUT2D eigenvalue weighted by Crippen LogP contribution is -2.75. The van der Waals surface area contributed by atoms with Crippen LogP contribution in [0.25, 0.3) is 10.9 Å². The number of rotatable bonds is 6. The van der Waals surface area contributed by atoms with Gasteiger partial charge in [0, 0.05) is 10.9 Å². The number of benzene rings is 2. The van der Waals surface area contributed by atoms with Gasteiger partial charge in [-0.15, -0.1) is 0 Å². The first-order valence-corrected chi connectivity index (χ1v) is 10.6. The number of hydrogen-bond donors (Lipinski definition) is 2. The van der Waals surface area contributed by atoms with Crippen LogP contribution in [-0.2, 0) is 22.1 Å². The summed E-state index contributed by atoms with van der Waals surface area (Å²) in [7, 11) is 1.37. The molecule has 1 aromatic heterocycles. The molecule has 0 saturated heterocycles. The number of nitrogens with one attached hydrogen (secondary N) is 2. The number of H-pyrrole nitrogens is 1. The predicted molar refractivity (Wildman–Crippen MR) is 113 cm³/mol. The van der Waals surface area contributed by atoms with Crippen LogP contribution in [0.4, 0.5) is 13.2 Å². The largest absolute Gasteiger partial charge is 0.469 e. The SMILES string of the molecule is COC(=O)CC12CC(NC(=O)c3n[nH]c4cccc(Cc5ccc(C(F)(F)F)cc5)c34)(C1)C2. The maximum Gasteiger partial charge on any atom is 0.416 e. The van der Waals surface area contributed by atoms with Gasteiger partial charge in [0.25, 0.3) is 5.91 Å². The van der Waals surface area contributed by atoms with Crippen molar-refractivity contribution in [3.63, 3.8) is 0 Å². The number of alkyl halides is 3. The van der Waals surface area contributed by atoms with Crippen molar-refractivity contribution < 1.29 is 27.5 Å². The second kappa shape index (κ2) is 7.33. The summed E-state index contributed by atoms with van der Waals surface area (Å²) in [6.07, 6.45) is -1.44. The molecule has 3 aliphatic carbocycles. The molecule has 0 radical (unpaired) electrons. The number of ether oxygens (including phenoxy) is 1. The van der Waals surface area contributed by atoms with Gasteiger partial charge in [-0.2, -0.15) is 18.3 Å². The Morgan fingerprint density at radius 1 is 1.12 bits per heavy atom. The molecular formula is C24H22F3N3O3. The minimum atomic E-state index is -4.38. The van der Waals surface area contributed by atoms with Crippen LogP contribution in [0, 0.1) is 5.41 Å². The molecule has 1 heterocycles. The number of aromatic nitrogens is 2. The van der Waals surface area contributed by atoms with Crippen LogP contribution in [-0.4, -0.2) is 34.7 Å². The topological polar surface area (TPSA) is 84.1 Å². The zero-order chi connectivity index (χ0) is 23.4. The molecule has 3 fully saturated rings. The first-order chi connectivity index (χ1) is 15.6. The van der Waals surface area contributed by atoms with Crippen LogP contribution < -0.4 is 5.32 Å². The van der Waals surface area contributed by atoms with E-state index in [0.29, 0.717) is 29.3 Å². The van der Waals surface area contributed by atoms with Gasteiger partial charge < -0.3 is 10.1 Å². The Bertz CT molecular complexity index is 1230. The summed E-state index contributed by atoms with van der Waals surface area (Å²) in [6, 6.07) is 10.5. The van der Waals surface area contributed by atoms with Crippen molar-refractivity contribution in [1.29, 1.82) is 0 Å². The average Bonchev–Trinajstić information content (AvgIpc) is 3.16. The van der Waals surface area contributed by atoms with Crippen molar-refractivity contribution in [1.82, 2.24) is 15.5 Å². The number of fused-ring (bicyclic) bond motifs is 1.